The Labute approximate surface area is 491 Å². The molecule has 0 radical (unpaired) electrons. The third-order valence-corrected chi connectivity index (χ3v) is 16.1. The molecular formula is C60H68N2O24. The molecule has 1 aliphatic carbocycles. The van der Waals surface area contributed by atoms with Gasteiger partial charge in [0.2, 0.25) is 18.8 Å². The van der Waals surface area contributed by atoms with Crippen molar-refractivity contribution in [2.24, 2.45) is 17.6 Å². The number of carbonyl (C=O) groups is 3. The van der Waals surface area contributed by atoms with Crippen LogP contribution in [0.3, 0.4) is 0 Å². The van der Waals surface area contributed by atoms with Crippen LogP contribution in [-0.2, 0) is 49.1 Å². The number of phenols is 2. The van der Waals surface area contributed by atoms with E-state index in [0.29, 0.717) is 40.2 Å². The number of primary amides is 1. The maximum atomic E-state index is 13.4. The summed E-state index contributed by atoms with van der Waals surface area (Å²) in [5, 5.41) is 67.1. The molecular weight excluding hydrogens is 1130 g/mol. The van der Waals surface area contributed by atoms with Gasteiger partial charge in [0, 0.05) is 30.1 Å². The van der Waals surface area contributed by atoms with E-state index in [9.17, 15) is 49.8 Å². The number of nitrogens with two attached hydrogens (primary N) is 1. The molecule has 0 bridgehead atoms. The van der Waals surface area contributed by atoms with Crippen molar-refractivity contribution < 1.29 is 111 Å². The van der Waals surface area contributed by atoms with Gasteiger partial charge in [0.05, 0.1) is 50.4 Å². The van der Waals surface area contributed by atoms with Crippen molar-refractivity contribution in [2.45, 2.75) is 127 Å². The molecule has 0 spiro atoms. The van der Waals surface area contributed by atoms with Crippen LogP contribution in [0.1, 0.15) is 84.8 Å². The van der Waals surface area contributed by atoms with Gasteiger partial charge in [-0.15, -0.1) is 0 Å². The molecule has 6 heterocycles. The summed E-state index contributed by atoms with van der Waals surface area (Å²) in [6.45, 7) is 10.6. The number of allylic oxidation sites excluding steroid dienone is 2. The average molecular weight is 1200 g/mol. The second-order valence-electron chi connectivity index (χ2n) is 22.2. The first-order chi connectivity index (χ1) is 40.9. The Hall–Kier alpha value is -7.92. The lowest BCUT2D eigenvalue weighted by molar-refractivity contribution is -0.364. The first-order valence-corrected chi connectivity index (χ1v) is 27.5. The zero-order valence-corrected chi connectivity index (χ0v) is 48.3. The van der Waals surface area contributed by atoms with Crippen molar-refractivity contribution in [1.82, 2.24) is 0 Å². The minimum atomic E-state index is -1.52. The molecule has 14 unspecified atom stereocenters. The van der Waals surface area contributed by atoms with Crippen LogP contribution in [0, 0.1) is 18.8 Å². The van der Waals surface area contributed by atoms with Crippen molar-refractivity contribution in [3.05, 3.63) is 110 Å². The molecule has 5 aromatic rings. The number of phenolic OH excluding ortho intramolecular Hbond substituents is 2. The number of aliphatic hydroxyl groups excluding tert-OH is 3. The van der Waals surface area contributed by atoms with E-state index in [0.717, 1.165) is 5.57 Å². The van der Waals surface area contributed by atoms with Gasteiger partial charge in [0.1, 0.15) is 47.6 Å². The molecule has 14 atom stereocenters. The van der Waals surface area contributed by atoms with E-state index in [1.807, 2.05) is 19.9 Å². The molecule has 4 saturated heterocycles. The molecule has 1 aromatic heterocycles. The number of cyclic esters (lactones) is 1. The summed E-state index contributed by atoms with van der Waals surface area (Å²) in [5.41, 5.74) is 6.55. The summed E-state index contributed by atoms with van der Waals surface area (Å²) < 4.78 is 79.4. The Morgan fingerprint density at radius 3 is 2.19 bits per heavy atom. The van der Waals surface area contributed by atoms with Crippen LogP contribution >= 0.6 is 0 Å². The molecule has 86 heavy (non-hydrogen) atoms. The number of hydrogen-bond acceptors (Lipinski definition) is 24. The molecule has 11 rings (SSSR count). The number of rotatable bonds is 13. The fourth-order valence-corrected chi connectivity index (χ4v) is 11.8. The Morgan fingerprint density at radius 1 is 0.826 bits per heavy atom. The fraction of sp³-hybridized carbons (Fsp3) is 0.467. The second-order valence-corrected chi connectivity index (χ2v) is 22.2. The third-order valence-electron chi connectivity index (χ3n) is 16.1. The number of nitrogens with one attached hydrogen (secondary N) is 1. The van der Waals surface area contributed by atoms with Gasteiger partial charge in [0.25, 0.3) is 5.91 Å². The SMILES string of the molecule is COC1C(OC(N)=O)C(O)C(Oc2ccc3c(O)c(NC(=O)c4ccc(O)c(CC=C(C)C)c4)c(=O)oc3c2C)OC1(C)C.COc1cc(C2c3cc4c(cc3C(OC3OC5COC(C)OC5C(O)C3O)C3COC(=O)C23)OCO4)cc(OC)c1O. The number of esters is 1. The molecule has 0 saturated carbocycles. The number of hydrogen-bond donors (Lipinski definition) is 8. The van der Waals surface area contributed by atoms with E-state index in [1.54, 1.807) is 52.0 Å². The summed E-state index contributed by atoms with van der Waals surface area (Å²) >= 11 is 0. The van der Waals surface area contributed by atoms with E-state index in [1.165, 1.54) is 51.7 Å². The van der Waals surface area contributed by atoms with Gasteiger partial charge in [-0.25, -0.2) is 9.59 Å². The summed E-state index contributed by atoms with van der Waals surface area (Å²) in [6, 6.07) is 14.0. The van der Waals surface area contributed by atoms with E-state index in [2.05, 4.69) is 5.32 Å². The topological polar surface area (TPSA) is 361 Å². The van der Waals surface area contributed by atoms with Crippen LogP contribution in [0.25, 0.3) is 11.0 Å². The van der Waals surface area contributed by atoms with Crippen LogP contribution < -0.4 is 40.4 Å². The lowest BCUT2D eigenvalue weighted by Gasteiger charge is -2.47. The first kappa shape index (κ1) is 61.2. The van der Waals surface area contributed by atoms with Gasteiger partial charge in [-0.3, -0.25) is 9.59 Å². The van der Waals surface area contributed by atoms with Gasteiger partial charge < -0.3 is 108 Å². The fourth-order valence-electron chi connectivity index (χ4n) is 11.8. The first-order valence-electron chi connectivity index (χ1n) is 27.5. The Balaban J connectivity index is 0.000000191. The number of anilines is 1. The minimum Gasteiger partial charge on any atom is -0.508 e. The maximum Gasteiger partial charge on any atom is 0.404 e. The van der Waals surface area contributed by atoms with Crippen molar-refractivity contribution >= 4 is 34.6 Å². The van der Waals surface area contributed by atoms with E-state index >= 15 is 0 Å². The zero-order chi connectivity index (χ0) is 61.8. The molecule has 4 aromatic carbocycles. The maximum absolute atomic E-state index is 13.4. The standard InChI is InChI=1S/C31H36N2O11.C29H32O13/c1-14(2)7-8-16-13-17(9-11-19(16)34)27(37)33-21-22(35)18-10-12-20(15(3)24(18)42-28(21)38)41-29-23(36)25(43-30(32)39)26(40-6)31(4,5)44-29;1-11-36-9-20-27(40-11)24(31)25(32)29(41-20)42-26-14-7-17-16(38-10-39-17)6-13(14)21(22-15(26)8-37-28(22)33)12-4-18(34-2)23(30)19(5-12)35-3/h7,9-13,23,25-26,29,34-36H,8H2,1-6H3,(H2,32,39)(H,33,37);4-7,11,15,20-22,24-27,29-32H,8-10H2,1-3H3. The van der Waals surface area contributed by atoms with Crippen LogP contribution in [0.2, 0.25) is 0 Å². The van der Waals surface area contributed by atoms with Gasteiger partial charge in [-0.1, -0.05) is 11.6 Å². The monoisotopic (exact) mass is 1200 g/mol. The lowest BCUT2D eigenvalue weighted by atomic mass is 9.66. The molecule has 5 aliphatic heterocycles. The van der Waals surface area contributed by atoms with Gasteiger partial charge in [-0.05, 0) is 125 Å². The summed E-state index contributed by atoms with van der Waals surface area (Å²) in [7, 11) is 4.23. The molecule has 4 fully saturated rings. The Bertz CT molecular complexity index is 3480. The van der Waals surface area contributed by atoms with Crippen LogP contribution in [0.4, 0.5) is 10.5 Å². The number of fused-ring (bicyclic) bond motifs is 5. The number of carbonyl (C=O) groups excluding carboxylic acids is 3. The molecule has 26 nitrogen and oxygen atoms in total. The second kappa shape index (κ2) is 24.5. The number of aliphatic hydroxyl groups is 3. The summed E-state index contributed by atoms with van der Waals surface area (Å²) in [6.07, 6.45) is -10.6. The van der Waals surface area contributed by atoms with Crippen molar-refractivity contribution in [3.63, 3.8) is 0 Å². The van der Waals surface area contributed by atoms with Crippen LogP contribution in [0.15, 0.2) is 75.5 Å². The highest BCUT2D eigenvalue weighted by Crippen LogP contribution is 2.57. The highest BCUT2D eigenvalue weighted by molar-refractivity contribution is 6.06. The van der Waals surface area contributed by atoms with E-state index < -0.39 is 126 Å². The molecule has 9 N–H and O–H groups in total. The van der Waals surface area contributed by atoms with Crippen LogP contribution in [0.5, 0.6) is 46.0 Å². The number of methoxy groups -OCH3 is 3. The largest absolute Gasteiger partial charge is 0.508 e. The number of aryl methyl sites for hydroxylation is 1. The van der Waals surface area contributed by atoms with Crippen LogP contribution in [-0.4, -0.2) is 157 Å². The minimum absolute atomic E-state index is 0.0183. The summed E-state index contributed by atoms with van der Waals surface area (Å²) in [5.74, 6) is -2.11. The van der Waals surface area contributed by atoms with E-state index in [-0.39, 0.29) is 70.9 Å². The Morgan fingerprint density at radius 2 is 1.52 bits per heavy atom. The molecule has 26 heteroatoms. The highest BCUT2D eigenvalue weighted by atomic mass is 16.8. The third kappa shape index (κ3) is 11.6. The zero-order valence-electron chi connectivity index (χ0n) is 48.3. The smallest absolute Gasteiger partial charge is 0.404 e. The summed E-state index contributed by atoms with van der Waals surface area (Å²) in [4.78, 5) is 50.9. The quantitative estimate of drug-likeness (QED) is 0.0438. The highest BCUT2D eigenvalue weighted by Gasteiger charge is 2.57. The van der Waals surface area contributed by atoms with Gasteiger partial charge >= 0.3 is 17.7 Å². The van der Waals surface area contributed by atoms with Crippen molar-refractivity contribution in [1.29, 1.82) is 0 Å². The van der Waals surface area contributed by atoms with Crippen molar-refractivity contribution in [2.75, 3.05) is 46.7 Å². The number of benzene rings is 4. The molecule has 462 valence electrons. The predicted octanol–water partition coefficient (Wildman–Crippen LogP) is 4.97. The molecule has 2 amide bonds. The number of amides is 2. The van der Waals surface area contributed by atoms with Crippen molar-refractivity contribution in [3.8, 4) is 46.0 Å². The predicted molar refractivity (Wildman–Crippen MR) is 297 cm³/mol. The van der Waals surface area contributed by atoms with Gasteiger partial charge in [0.15, 0.2) is 59.2 Å². The Kier molecular flexibility index (Phi) is 17.4. The lowest BCUT2D eigenvalue weighted by Crippen LogP contribution is -2.65. The number of aromatic hydroxyl groups is 3. The number of ether oxygens (including phenoxy) is 13. The molecule has 6 aliphatic rings. The van der Waals surface area contributed by atoms with Gasteiger partial charge in [-0.2, -0.15) is 0 Å². The normalized spacial score (nSPS) is 28.5. The van der Waals surface area contributed by atoms with E-state index in [4.69, 9.17) is 71.7 Å². The average Bonchev–Trinajstić information content (AvgIpc) is 1.56.